The molecule has 112 valence electrons. The minimum atomic E-state index is -0.268. The third kappa shape index (κ3) is 2.20. The van der Waals surface area contributed by atoms with Gasteiger partial charge in [-0.25, -0.2) is 4.98 Å². The van der Waals surface area contributed by atoms with Crippen molar-refractivity contribution in [1.29, 1.82) is 0 Å². The molecule has 5 heteroatoms. The van der Waals surface area contributed by atoms with Gasteiger partial charge in [0.2, 0.25) is 11.8 Å². The van der Waals surface area contributed by atoms with Crippen LogP contribution >= 0.6 is 15.9 Å². The van der Waals surface area contributed by atoms with Crippen LogP contribution < -0.4 is 10.1 Å². The van der Waals surface area contributed by atoms with Crippen molar-refractivity contribution in [3.8, 4) is 5.88 Å². The summed E-state index contributed by atoms with van der Waals surface area (Å²) in [4.78, 5) is 16.8. The minimum absolute atomic E-state index is 0.0142. The third-order valence-corrected chi connectivity index (χ3v) is 5.08. The molecule has 1 aromatic heterocycles. The highest BCUT2D eigenvalue weighted by molar-refractivity contribution is 9.10. The SMILES string of the molecule is O=C(NC1CCc2cccc(Br)c21)C1COc2ncccc21. The van der Waals surface area contributed by atoms with Gasteiger partial charge in [0, 0.05) is 16.2 Å². The summed E-state index contributed by atoms with van der Waals surface area (Å²) in [6, 6.07) is 10.0. The molecule has 1 N–H and O–H groups in total. The second-order valence-electron chi connectivity index (χ2n) is 5.67. The zero-order valence-corrected chi connectivity index (χ0v) is 13.5. The summed E-state index contributed by atoms with van der Waals surface area (Å²) in [5.74, 6) is 0.325. The van der Waals surface area contributed by atoms with Gasteiger partial charge >= 0.3 is 0 Å². The van der Waals surface area contributed by atoms with Crippen LogP contribution in [0, 0.1) is 0 Å². The molecule has 22 heavy (non-hydrogen) atoms. The lowest BCUT2D eigenvalue weighted by Crippen LogP contribution is -2.32. The summed E-state index contributed by atoms with van der Waals surface area (Å²) in [5.41, 5.74) is 3.40. The summed E-state index contributed by atoms with van der Waals surface area (Å²) in [6.07, 6.45) is 3.62. The van der Waals surface area contributed by atoms with Gasteiger partial charge in [-0.2, -0.15) is 0 Å². The molecule has 0 bridgehead atoms. The molecule has 0 saturated heterocycles. The smallest absolute Gasteiger partial charge is 0.231 e. The minimum Gasteiger partial charge on any atom is -0.476 e. The summed E-state index contributed by atoms with van der Waals surface area (Å²) in [7, 11) is 0. The van der Waals surface area contributed by atoms with Crippen molar-refractivity contribution in [3.05, 3.63) is 57.7 Å². The van der Waals surface area contributed by atoms with Crippen LogP contribution in [0.2, 0.25) is 0 Å². The van der Waals surface area contributed by atoms with Gasteiger partial charge in [-0.15, -0.1) is 0 Å². The van der Waals surface area contributed by atoms with E-state index in [2.05, 4.69) is 32.3 Å². The average molecular weight is 359 g/mol. The third-order valence-electron chi connectivity index (χ3n) is 4.39. The monoisotopic (exact) mass is 358 g/mol. The number of benzene rings is 1. The van der Waals surface area contributed by atoms with Crippen LogP contribution in [-0.2, 0) is 11.2 Å². The molecule has 0 radical (unpaired) electrons. The number of nitrogens with zero attached hydrogens (tertiary/aromatic N) is 1. The number of rotatable bonds is 2. The lowest BCUT2D eigenvalue weighted by molar-refractivity contribution is -0.123. The number of amides is 1. The van der Waals surface area contributed by atoms with Crippen LogP contribution in [0.15, 0.2) is 41.0 Å². The summed E-state index contributed by atoms with van der Waals surface area (Å²) in [5, 5.41) is 3.18. The van der Waals surface area contributed by atoms with E-state index in [1.807, 2.05) is 24.3 Å². The Balaban J connectivity index is 1.56. The van der Waals surface area contributed by atoms with E-state index in [9.17, 15) is 4.79 Å². The van der Waals surface area contributed by atoms with Gasteiger partial charge in [-0.1, -0.05) is 34.1 Å². The van der Waals surface area contributed by atoms with Gasteiger partial charge in [0.25, 0.3) is 0 Å². The molecular formula is C17H15BrN2O2. The predicted octanol–water partition coefficient (Wildman–Crippen LogP) is 3.12. The largest absolute Gasteiger partial charge is 0.476 e. The fourth-order valence-electron chi connectivity index (χ4n) is 3.31. The Labute approximate surface area is 137 Å². The quantitative estimate of drug-likeness (QED) is 0.897. The highest BCUT2D eigenvalue weighted by atomic mass is 79.9. The number of fused-ring (bicyclic) bond motifs is 2. The number of pyridine rings is 1. The van der Waals surface area contributed by atoms with Gasteiger partial charge in [0.1, 0.15) is 12.5 Å². The lowest BCUT2D eigenvalue weighted by atomic mass is 10.0. The van der Waals surface area contributed by atoms with Crippen LogP contribution in [0.5, 0.6) is 5.88 Å². The Morgan fingerprint density at radius 1 is 1.32 bits per heavy atom. The summed E-state index contributed by atoms with van der Waals surface area (Å²) >= 11 is 3.60. The van der Waals surface area contributed by atoms with E-state index in [1.54, 1.807) is 6.20 Å². The fraction of sp³-hybridized carbons (Fsp3) is 0.294. The van der Waals surface area contributed by atoms with Crippen molar-refractivity contribution in [2.75, 3.05) is 6.61 Å². The Bertz CT molecular complexity index is 747. The number of aryl methyl sites for hydroxylation is 1. The van der Waals surface area contributed by atoms with E-state index in [4.69, 9.17) is 4.74 Å². The first-order valence-electron chi connectivity index (χ1n) is 7.39. The van der Waals surface area contributed by atoms with Crippen molar-refractivity contribution >= 4 is 21.8 Å². The molecule has 4 nitrogen and oxygen atoms in total. The van der Waals surface area contributed by atoms with E-state index in [-0.39, 0.29) is 17.9 Å². The molecule has 1 aliphatic heterocycles. The van der Waals surface area contributed by atoms with Crippen molar-refractivity contribution in [1.82, 2.24) is 10.3 Å². The van der Waals surface area contributed by atoms with E-state index in [1.165, 1.54) is 11.1 Å². The van der Waals surface area contributed by atoms with Crippen LogP contribution in [-0.4, -0.2) is 17.5 Å². The molecule has 2 atom stereocenters. The molecule has 1 aliphatic carbocycles. The average Bonchev–Trinajstić information content (AvgIpc) is 3.12. The number of ether oxygens (including phenoxy) is 1. The first-order chi connectivity index (χ1) is 10.7. The van der Waals surface area contributed by atoms with E-state index >= 15 is 0 Å². The maximum Gasteiger partial charge on any atom is 0.231 e. The van der Waals surface area contributed by atoms with Gasteiger partial charge in [0.05, 0.1) is 6.04 Å². The molecule has 2 aliphatic rings. The topological polar surface area (TPSA) is 51.2 Å². The normalized spacial score (nSPS) is 21.9. The molecular weight excluding hydrogens is 344 g/mol. The standard InChI is InChI=1S/C17H15BrN2O2/c18-13-5-1-3-10-6-7-14(15(10)13)20-16(21)12-9-22-17-11(12)4-2-8-19-17/h1-5,8,12,14H,6-7,9H2,(H,20,21). The van der Waals surface area contributed by atoms with Gasteiger partial charge in [-0.3, -0.25) is 4.79 Å². The zero-order valence-electron chi connectivity index (χ0n) is 11.9. The van der Waals surface area contributed by atoms with Gasteiger partial charge < -0.3 is 10.1 Å². The van der Waals surface area contributed by atoms with Crippen LogP contribution in [0.1, 0.15) is 35.1 Å². The fourth-order valence-corrected chi connectivity index (χ4v) is 3.99. The number of carbonyl (C=O) groups is 1. The molecule has 2 unspecified atom stereocenters. The molecule has 1 amide bonds. The highest BCUT2D eigenvalue weighted by Crippen LogP contribution is 2.38. The molecule has 0 spiro atoms. The maximum absolute atomic E-state index is 12.7. The molecule has 4 rings (SSSR count). The van der Waals surface area contributed by atoms with Crippen molar-refractivity contribution < 1.29 is 9.53 Å². The first-order valence-corrected chi connectivity index (χ1v) is 8.18. The number of carbonyl (C=O) groups excluding carboxylic acids is 1. The van der Waals surface area contributed by atoms with Gasteiger partial charge in [-0.05, 0) is 36.1 Å². The van der Waals surface area contributed by atoms with Crippen molar-refractivity contribution in [2.45, 2.75) is 24.8 Å². The van der Waals surface area contributed by atoms with Crippen molar-refractivity contribution in [3.63, 3.8) is 0 Å². The Morgan fingerprint density at radius 3 is 3.14 bits per heavy atom. The Morgan fingerprint density at radius 2 is 2.23 bits per heavy atom. The number of aromatic nitrogens is 1. The zero-order chi connectivity index (χ0) is 15.1. The van der Waals surface area contributed by atoms with Crippen molar-refractivity contribution in [2.24, 2.45) is 0 Å². The Hall–Kier alpha value is -1.88. The molecule has 1 aromatic carbocycles. The molecule has 0 fully saturated rings. The summed E-state index contributed by atoms with van der Waals surface area (Å²) in [6.45, 7) is 0.369. The first kappa shape index (κ1) is 13.8. The van der Waals surface area contributed by atoms with E-state index in [0.29, 0.717) is 12.5 Å². The Kier molecular flexibility index (Phi) is 3.37. The number of nitrogens with one attached hydrogen (secondary N) is 1. The second kappa shape index (κ2) is 5.39. The molecule has 2 heterocycles. The number of hydrogen-bond acceptors (Lipinski definition) is 3. The molecule has 0 saturated carbocycles. The second-order valence-corrected chi connectivity index (χ2v) is 6.53. The lowest BCUT2D eigenvalue weighted by Gasteiger charge is -2.18. The van der Waals surface area contributed by atoms with Gasteiger partial charge in [0.15, 0.2) is 0 Å². The maximum atomic E-state index is 12.7. The van der Waals surface area contributed by atoms with Crippen LogP contribution in [0.4, 0.5) is 0 Å². The van der Waals surface area contributed by atoms with E-state index in [0.717, 1.165) is 22.9 Å². The number of halogens is 1. The highest BCUT2D eigenvalue weighted by Gasteiger charge is 2.34. The predicted molar refractivity (Wildman–Crippen MR) is 85.8 cm³/mol. The molecule has 2 aromatic rings. The number of hydrogen-bond donors (Lipinski definition) is 1. The summed E-state index contributed by atoms with van der Waals surface area (Å²) < 4.78 is 6.58. The van der Waals surface area contributed by atoms with Crippen LogP contribution in [0.25, 0.3) is 0 Å². The van der Waals surface area contributed by atoms with Crippen LogP contribution in [0.3, 0.4) is 0 Å². The van der Waals surface area contributed by atoms with E-state index < -0.39 is 0 Å².